The summed E-state index contributed by atoms with van der Waals surface area (Å²) in [6, 6.07) is 13.7. The molecule has 7 nitrogen and oxygen atoms in total. The lowest BCUT2D eigenvalue weighted by Gasteiger charge is -2.14. The van der Waals surface area contributed by atoms with Crippen molar-refractivity contribution < 1.29 is 29.0 Å². The molecule has 4 rings (SSSR count). The molecule has 2 amide bonds. The highest BCUT2D eigenvalue weighted by molar-refractivity contribution is 6.42. The topological polar surface area (TPSA) is 101 Å². The van der Waals surface area contributed by atoms with Crippen LogP contribution in [0.3, 0.4) is 0 Å². The highest BCUT2D eigenvalue weighted by Crippen LogP contribution is 2.33. The molecule has 0 spiro atoms. The van der Waals surface area contributed by atoms with Gasteiger partial charge in [0, 0.05) is 0 Å². The number of hydrogen-bond donors (Lipinski definition) is 1. The molecular weight excluding hydrogens is 445 g/mol. The van der Waals surface area contributed by atoms with Crippen LogP contribution in [-0.2, 0) is 0 Å². The van der Waals surface area contributed by atoms with Crippen molar-refractivity contribution in [2.75, 3.05) is 4.90 Å². The van der Waals surface area contributed by atoms with E-state index in [1.807, 2.05) is 0 Å². The van der Waals surface area contributed by atoms with E-state index in [9.17, 15) is 19.2 Å². The first-order valence-electron chi connectivity index (χ1n) is 8.79. The lowest BCUT2D eigenvalue weighted by molar-refractivity contribution is 0.0695. The van der Waals surface area contributed by atoms with Crippen molar-refractivity contribution in [1.29, 1.82) is 0 Å². The molecular formula is C22H11Cl2NO6. The first-order valence-corrected chi connectivity index (χ1v) is 9.55. The molecule has 3 aromatic carbocycles. The van der Waals surface area contributed by atoms with Crippen molar-refractivity contribution in [2.45, 2.75) is 0 Å². The summed E-state index contributed by atoms with van der Waals surface area (Å²) in [5.41, 5.74) is 0.537. The fraction of sp³-hybridized carbons (Fsp3) is 0. The molecule has 9 heteroatoms. The number of carboxylic acid groups (broad SMARTS) is 1. The van der Waals surface area contributed by atoms with Crippen LogP contribution in [0.5, 0.6) is 5.75 Å². The standard InChI is InChI=1S/C22H11Cl2NO6/c23-17-8-4-13(10-18(17)24)25-19(26)15-7-3-12(9-16(15)20(25)27)22(30)31-14-5-1-11(2-6-14)21(28)29/h1-10H,(H,28,29). The predicted octanol–water partition coefficient (Wildman–Crippen LogP) is 4.71. The predicted molar refractivity (Wildman–Crippen MR) is 112 cm³/mol. The van der Waals surface area contributed by atoms with Gasteiger partial charge in [-0.25, -0.2) is 14.5 Å². The number of hydrogen-bond acceptors (Lipinski definition) is 5. The normalized spacial score (nSPS) is 12.6. The van der Waals surface area contributed by atoms with Crippen LogP contribution in [0.15, 0.2) is 60.7 Å². The van der Waals surface area contributed by atoms with Crippen LogP contribution in [0.25, 0.3) is 0 Å². The molecule has 154 valence electrons. The van der Waals surface area contributed by atoms with E-state index in [1.165, 1.54) is 60.7 Å². The number of esters is 1. The summed E-state index contributed by atoms with van der Waals surface area (Å²) in [5.74, 6) is -2.90. The van der Waals surface area contributed by atoms with Gasteiger partial charge < -0.3 is 9.84 Å². The summed E-state index contributed by atoms with van der Waals surface area (Å²) in [6.45, 7) is 0. The number of amides is 2. The van der Waals surface area contributed by atoms with Gasteiger partial charge in [0.25, 0.3) is 11.8 Å². The van der Waals surface area contributed by atoms with Crippen molar-refractivity contribution in [3.63, 3.8) is 0 Å². The van der Waals surface area contributed by atoms with Crippen molar-refractivity contribution in [3.05, 3.63) is 93.0 Å². The number of anilines is 1. The van der Waals surface area contributed by atoms with Gasteiger partial charge in [0.15, 0.2) is 0 Å². The molecule has 1 aliphatic rings. The SMILES string of the molecule is O=C(O)c1ccc(OC(=O)c2ccc3c(c2)C(=O)N(c2ccc(Cl)c(Cl)c2)C3=O)cc1. The Bertz CT molecular complexity index is 1270. The number of benzene rings is 3. The zero-order chi connectivity index (χ0) is 22.3. The molecule has 3 aromatic rings. The van der Waals surface area contributed by atoms with E-state index in [0.717, 1.165) is 4.90 Å². The zero-order valence-electron chi connectivity index (χ0n) is 15.5. The van der Waals surface area contributed by atoms with Gasteiger partial charge in [-0.3, -0.25) is 9.59 Å². The maximum Gasteiger partial charge on any atom is 0.343 e. The van der Waals surface area contributed by atoms with Crippen molar-refractivity contribution in [2.24, 2.45) is 0 Å². The van der Waals surface area contributed by atoms with Gasteiger partial charge in [-0.2, -0.15) is 0 Å². The van der Waals surface area contributed by atoms with Crippen LogP contribution >= 0.6 is 23.2 Å². The number of carbonyl (C=O) groups is 4. The zero-order valence-corrected chi connectivity index (χ0v) is 17.0. The molecule has 0 saturated heterocycles. The molecule has 0 aliphatic carbocycles. The molecule has 0 fully saturated rings. The third-order valence-corrected chi connectivity index (χ3v) is 5.33. The summed E-state index contributed by atoms with van der Waals surface area (Å²) in [5, 5.41) is 9.39. The summed E-state index contributed by atoms with van der Waals surface area (Å²) in [6.07, 6.45) is 0. The molecule has 0 aromatic heterocycles. The number of ether oxygens (including phenoxy) is 1. The fourth-order valence-corrected chi connectivity index (χ4v) is 3.35. The number of carbonyl (C=O) groups excluding carboxylic acids is 3. The van der Waals surface area contributed by atoms with Gasteiger partial charge in [-0.15, -0.1) is 0 Å². The number of halogens is 2. The van der Waals surface area contributed by atoms with Gasteiger partial charge in [-0.1, -0.05) is 23.2 Å². The van der Waals surface area contributed by atoms with Crippen molar-refractivity contribution in [3.8, 4) is 5.75 Å². The number of rotatable bonds is 4. The Hall–Kier alpha value is -3.68. The minimum absolute atomic E-state index is 0.0452. The molecule has 1 aliphatic heterocycles. The van der Waals surface area contributed by atoms with Crippen molar-refractivity contribution >= 4 is 52.6 Å². The number of imide groups is 1. The largest absolute Gasteiger partial charge is 0.478 e. The monoisotopic (exact) mass is 455 g/mol. The third kappa shape index (κ3) is 3.76. The van der Waals surface area contributed by atoms with Crippen LogP contribution in [-0.4, -0.2) is 28.9 Å². The highest BCUT2D eigenvalue weighted by Gasteiger charge is 2.37. The molecule has 1 heterocycles. The van der Waals surface area contributed by atoms with Gasteiger partial charge >= 0.3 is 11.9 Å². The molecule has 0 saturated carbocycles. The molecule has 1 N–H and O–H groups in total. The van der Waals surface area contributed by atoms with E-state index in [4.69, 9.17) is 33.0 Å². The Morgan fingerprint density at radius 3 is 2.06 bits per heavy atom. The average molecular weight is 456 g/mol. The summed E-state index contributed by atoms with van der Waals surface area (Å²) in [7, 11) is 0. The lowest BCUT2D eigenvalue weighted by Crippen LogP contribution is -2.29. The summed E-state index contributed by atoms with van der Waals surface area (Å²) >= 11 is 11.9. The first-order chi connectivity index (χ1) is 14.8. The smallest absolute Gasteiger partial charge is 0.343 e. The molecule has 31 heavy (non-hydrogen) atoms. The number of nitrogens with zero attached hydrogens (tertiary/aromatic N) is 1. The second-order valence-electron chi connectivity index (χ2n) is 6.52. The van der Waals surface area contributed by atoms with E-state index in [1.54, 1.807) is 0 Å². The van der Waals surface area contributed by atoms with E-state index in [-0.39, 0.29) is 43.7 Å². The Kier molecular flexibility index (Phi) is 5.22. The second-order valence-corrected chi connectivity index (χ2v) is 7.34. The molecule has 0 unspecified atom stereocenters. The molecule has 0 atom stereocenters. The van der Waals surface area contributed by atoms with Crippen molar-refractivity contribution in [1.82, 2.24) is 0 Å². The molecule has 0 bridgehead atoms. The minimum atomic E-state index is -1.11. The van der Waals surface area contributed by atoms with E-state index < -0.39 is 23.8 Å². The highest BCUT2D eigenvalue weighted by atomic mass is 35.5. The van der Waals surface area contributed by atoms with E-state index in [0.29, 0.717) is 0 Å². The Balaban J connectivity index is 1.59. The second kappa shape index (κ2) is 7.86. The Labute approximate surface area is 185 Å². The number of carboxylic acids is 1. The maximum atomic E-state index is 12.9. The van der Waals surface area contributed by atoms with Crippen LogP contribution < -0.4 is 9.64 Å². The van der Waals surface area contributed by atoms with Crippen LogP contribution in [0.4, 0.5) is 5.69 Å². The quantitative estimate of drug-likeness (QED) is 0.347. The maximum absolute atomic E-state index is 12.9. The van der Waals surface area contributed by atoms with Crippen LogP contribution in [0.1, 0.15) is 41.4 Å². The van der Waals surface area contributed by atoms with Crippen LogP contribution in [0.2, 0.25) is 10.0 Å². The van der Waals surface area contributed by atoms with Gasteiger partial charge in [0.05, 0.1) is 38.0 Å². The average Bonchev–Trinajstić information content (AvgIpc) is 3.00. The first kappa shape index (κ1) is 20.6. The number of aromatic carboxylic acids is 1. The minimum Gasteiger partial charge on any atom is -0.478 e. The lowest BCUT2D eigenvalue weighted by atomic mass is 10.1. The van der Waals surface area contributed by atoms with Gasteiger partial charge in [0.2, 0.25) is 0 Å². The Morgan fingerprint density at radius 1 is 0.774 bits per heavy atom. The Morgan fingerprint density at radius 2 is 1.42 bits per heavy atom. The fourth-order valence-electron chi connectivity index (χ4n) is 3.06. The van der Waals surface area contributed by atoms with Gasteiger partial charge in [0.1, 0.15) is 5.75 Å². The molecule has 0 radical (unpaired) electrons. The third-order valence-electron chi connectivity index (χ3n) is 4.60. The van der Waals surface area contributed by atoms with Crippen LogP contribution in [0, 0.1) is 0 Å². The summed E-state index contributed by atoms with van der Waals surface area (Å²) < 4.78 is 5.22. The van der Waals surface area contributed by atoms with Gasteiger partial charge in [-0.05, 0) is 60.7 Å². The van der Waals surface area contributed by atoms with E-state index in [2.05, 4.69) is 0 Å². The number of fused-ring (bicyclic) bond motifs is 1. The summed E-state index contributed by atoms with van der Waals surface area (Å²) in [4.78, 5) is 49.9. The van der Waals surface area contributed by atoms with E-state index >= 15 is 0 Å².